The molecule has 2 aliphatic heterocycles. The highest BCUT2D eigenvalue weighted by molar-refractivity contribution is 6.19. The molecule has 0 amide bonds. The van der Waals surface area contributed by atoms with Crippen LogP contribution in [0.25, 0.3) is 0 Å². The Balaban J connectivity index is 1.28. The van der Waals surface area contributed by atoms with E-state index in [9.17, 15) is 33.9 Å². The molecule has 298 valence electrons. The van der Waals surface area contributed by atoms with E-state index in [2.05, 4.69) is 0 Å². The van der Waals surface area contributed by atoms with Crippen LogP contribution in [0.15, 0.2) is 78.4 Å². The normalized spacial score (nSPS) is 26.9. The van der Waals surface area contributed by atoms with Gasteiger partial charge in [0, 0.05) is 50.8 Å². The second-order valence-corrected chi connectivity index (χ2v) is 14.3. The average Bonchev–Trinajstić information content (AvgIpc) is 3.55. The molecule has 1 saturated heterocycles. The van der Waals surface area contributed by atoms with Crippen molar-refractivity contribution < 1.29 is 71.8 Å². The molecule has 0 bridgehead atoms. The van der Waals surface area contributed by atoms with E-state index in [1.54, 1.807) is 37.3 Å². The number of phenols is 1. The van der Waals surface area contributed by atoms with Gasteiger partial charge in [-0.25, -0.2) is 0 Å². The summed E-state index contributed by atoms with van der Waals surface area (Å²) in [6, 6.07) is 19.4. The first-order valence-corrected chi connectivity index (χ1v) is 18.3. The Bertz CT molecular complexity index is 2100. The van der Waals surface area contributed by atoms with Crippen LogP contribution in [-0.4, -0.2) is 84.0 Å². The summed E-state index contributed by atoms with van der Waals surface area (Å²) in [5.41, 5.74) is 1.44. The van der Waals surface area contributed by atoms with Crippen LogP contribution < -0.4 is 9.47 Å². The van der Waals surface area contributed by atoms with E-state index in [0.29, 0.717) is 16.7 Å². The van der Waals surface area contributed by atoms with Crippen molar-refractivity contribution in [3.8, 4) is 17.2 Å². The minimum absolute atomic E-state index is 0.00318. The van der Waals surface area contributed by atoms with Gasteiger partial charge in [0.2, 0.25) is 0 Å². The van der Waals surface area contributed by atoms with Crippen molar-refractivity contribution in [2.75, 3.05) is 6.61 Å². The lowest BCUT2D eigenvalue weighted by Gasteiger charge is -2.46. The van der Waals surface area contributed by atoms with E-state index in [4.69, 9.17) is 37.9 Å². The number of carbonyl (C=O) groups is 6. The lowest BCUT2D eigenvalue weighted by atomic mass is 9.66. The molecule has 15 heteroatoms. The summed E-state index contributed by atoms with van der Waals surface area (Å²) in [6.07, 6.45) is -6.97. The highest BCUT2D eigenvalue weighted by Gasteiger charge is 2.57. The van der Waals surface area contributed by atoms with Gasteiger partial charge in [-0.15, -0.1) is 0 Å². The molecule has 7 rings (SSSR count). The van der Waals surface area contributed by atoms with Crippen molar-refractivity contribution in [1.82, 2.24) is 0 Å². The minimum Gasteiger partial charge on any atom is -0.507 e. The van der Waals surface area contributed by atoms with E-state index in [0.717, 1.165) is 27.7 Å². The number of Topliss-reactive ketones (excluding diaryl/α,β-unsaturated/α-hetero) is 2. The van der Waals surface area contributed by atoms with E-state index in [1.807, 2.05) is 36.4 Å². The van der Waals surface area contributed by atoms with Gasteiger partial charge in [-0.05, 0) is 13.3 Å². The highest BCUT2D eigenvalue weighted by atomic mass is 16.7. The number of phenolic OH excluding ortho intramolecular Hbond substituents is 1. The summed E-state index contributed by atoms with van der Waals surface area (Å²) in [7, 11) is 0. The van der Waals surface area contributed by atoms with Crippen molar-refractivity contribution in [3.05, 3.63) is 101 Å². The van der Waals surface area contributed by atoms with Crippen LogP contribution in [0.3, 0.4) is 0 Å². The summed E-state index contributed by atoms with van der Waals surface area (Å²) >= 11 is 0. The van der Waals surface area contributed by atoms with Crippen molar-refractivity contribution in [2.45, 2.75) is 83.6 Å². The molecule has 0 unspecified atom stereocenters. The Kier molecular flexibility index (Phi) is 10.6. The molecule has 0 aromatic heterocycles. The van der Waals surface area contributed by atoms with Crippen molar-refractivity contribution in [2.24, 2.45) is 11.8 Å². The van der Waals surface area contributed by atoms with Gasteiger partial charge in [0.05, 0.1) is 23.1 Å². The fraction of sp³-hybridized carbons (Fsp3) is 0.381. The third-order valence-corrected chi connectivity index (χ3v) is 10.2. The number of fused-ring (bicyclic) bond motifs is 4. The first kappa shape index (κ1) is 39.2. The molecule has 3 aromatic rings. The molecule has 1 fully saturated rings. The Morgan fingerprint density at radius 1 is 0.754 bits per heavy atom. The summed E-state index contributed by atoms with van der Waals surface area (Å²) in [6.45, 7) is 5.67. The van der Waals surface area contributed by atoms with Gasteiger partial charge in [-0.1, -0.05) is 72.3 Å². The molecule has 2 heterocycles. The fourth-order valence-electron chi connectivity index (χ4n) is 8.00. The maximum atomic E-state index is 14.8. The van der Waals surface area contributed by atoms with Gasteiger partial charge in [-0.3, -0.25) is 28.8 Å². The van der Waals surface area contributed by atoms with Crippen LogP contribution in [0.4, 0.5) is 0 Å². The van der Waals surface area contributed by atoms with Gasteiger partial charge in [0.25, 0.3) is 0 Å². The number of ketones is 2. The molecule has 57 heavy (non-hydrogen) atoms. The summed E-state index contributed by atoms with van der Waals surface area (Å²) in [5.74, 6) is -8.62. The number of rotatable bonds is 9. The average molecular weight is 785 g/mol. The zero-order valence-electron chi connectivity index (χ0n) is 31.6. The molecule has 4 aliphatic rings. The number of carbonyl (C=O) groups excluding carboxylic acids is 6. The predicted octanol–water partition coefficient (Wildman–Crippen LogP) is 4.49. The van der Waals surface area contributed by atoms with Gasteiger partial charge < -0.3 is 43.0 Å². The molecule has 1 N–H and O–H groups in total. The van der Waals surface area contributed by atoms with Gasteiger partial charge >= 0.3 is 29.7 Å². The highest BCUT2D eigenvalue weighted by Crippen LogP contribution is 2.55. The van der Waals surface area contributed by atoms with Crippen molar-refractivity contribution in [3.63, 3.8) is 0 Å². The fourth-order valence-corrected chi connectivity index (χ4v) is 8.00. The Hall–Kier alpha value is -6.06. The maximum Gasteiger partial charge on any atom is 0.305 e. The molecule has 0 saturated carbocycles. The molecule has 15 nitrogen and oxygen atoms in total. The van der Waals surface area contributed by atoms with E-state index in [1.165, 1.54) is 6.07 Å². The Morgan fingerprint density at radius 2 is 1.33 bits per heavy atom. The smallest absolute Gasteiger partial charge is 0.305 e. The first-order chi connectivity index (χ1) is 27.2. The van der Waals surface area contributed by atoms with E-state index >= 15 is 0 Å². The Labute approximate surface area is 326 Å². The number of hydrogen-bond donors (Lipinski definition) is 1. The van der Waals surface area contributed by atoms with Gasteiger partial charge in [0.15, 0.2) is 47.7 Å². The van der Waals surface area contributed by atoms with Gasteiger partial charge in [0.1, 0.15) is 18.5 Å². The summed E-state index contributed by atoms with van der Waals surface area (Å²) in [4.78, 5) is 78.4. The van der Waals surface area contributed by atoms with Crippen LogP contribution in [0.5, 0.6) is 17.2 Å². The zero-order valence-corrected chi connectivity index (χ0v) is 31.6. The molecule has 0 radical (unpaired) electrons. The number of benzene rings is 3. The molecule has 8 atom stereocenters. The number of ether oxygens (including phenoxy) is 8. The molecule has 2 aliphatic carbocycles. The van der Waals surface area contributed by atoms with Crippen LogP contribution >= 0.6 is 0 Å². The van der Waals surface area contributed by atoms with Crippen molar-refractivity contribution in [1.29, 1.82) is 0 Å². The lowest BCUT2D eigenvalue weighted by molar-refractivity contribution is -0.316. The van der Waals surface area contributed by atoms with Crippen LogP contribution in [-0.2, 0) is 53.4 Å². The molecular formula is C42H40O15. The molecule has 0 spiro atoms. The summed E-state index contributed by atoms with van der Waals surface area (Å²) < 4.78 is 47.5. The number of hydrogen-bond acceptors (Lipinski definition) is 15. The van der Waals surface area contributed by atoms with Crippen LogP contribution in [0, 0.1) is 11.8 Å². The largest absolute Gasteiger partial charge is 0.507 e. The molecular weight excluding hydrogens is 744 g/mol. The van der Waals surface area contributed by atoms with Crippen LogP contribution in [0.1, 0.15) is 72.9 Å². The topological polar surface area (TPSA) is 196 Å². The van der Waals surface area contributed by atoms with E-state index in [-0.39, 0.29) is 29.0 Å². The number of allylic oxidation sites excluding steroid dienone is 1. The van der Waals surface area contributed by atoms with Crippen LogP contribution in [0.2, 0.25) is 0 Å². The lowest BCUT2D eigenvalue weighted by Crippen LogP contribution is -2.63. The molecule has 3 aromatic carbocycles. The second-order valence-electron chi connectivity index (χ2n) is 14.3. The number of esters is 4. The standard InChI is InChI=1S/C42H40O15/c1-20-16-27-32(29(17-20)54-41-40(53-24(5)46)39(52-23(4)45)38(51-22(3)44)31(55-41)19-50-21(2)43)36(49)33-28(47)18-30-37(34(33)35(27)48)57-42(56-30,25-12-8-6-9-13-25)26-14-10-7-11-15-26/h6-15,17-18,27,29,31-32,38-41,47H,16,19H2,1-5H3/t27-,29+,31-,32-,38-,39+,40-,41-/m1/s1. The minimum atomic E-state index is -1.63. The first-order valence-electron chi connectivity index (χ1n) is 18.3. The summed E-state index contributed by atoms with van der Waals surface area (Å²) in [5, 5.41) is 11.5. The SMILES string of the molecule is CC(=O)OC[C@H]1O[C@@H](O[C@H]2C=C(C)C[C@H]3C(=O)c4c5c(cc(O)c4C(=O)[C@@H]23)OC(c2ccccc2)(c2ccccc2)O5)[C@H](OC(C)=O)[C@@H](OC(C)=O)[C@@H]1OC(C)=O. The number of aromatic hydroxyl groups is 1. The van der Waals surface area contributed by atoms with Gasteiger partial charge in [-0.2, -0.15) is 0 Å². The zero-order chi connectivity index (χ0) is 40.8. The second kappa shape index (κ2) is 15.5. The maximum absolute atomic E-state index is 14.8. The predicted molar refractivity (Wildman–Crippen MR) is 194 cm³/mol. The Morgan fingerprint density at radius 3 is 1.91 bits per heavy atom. The van der Waals surface area contributed by atoms with Crippen molar-refractivity contribution >= 4 is 35.4 Å². The monoisotopic (exact) mass is 784 g/mol. The quantitative estimate of drug-likeness (QED) is 0.181. The third kappa shape index (κ3) is 7.35. The van der Waals surface area contributed by atoms with E-state index < -0.39 is 102 Å². The third-order valence-electron chi connectivity index (χ3n) is 10.2.